The molecule has 0 aliphatic carbocycles. The van der Waals surface area contributed by atoms with Crippen LogP contribution in [0.2, 0.25) is 0 Å². The van der Waals surface area contributed by atoms with Gasteiger partial charge >= 0.3 is 0 Å². The molecule has 1 heterocycles. The van der Waals surface area contributed by atoms with Crippen molar-refractivity contribution in [3.05, 3.63) is 29.8 Å². The Balaban J connectivity index is 1.91. The number of nitrogen functional groups attached to an aromatic ring is 1. The third-order valence-corrected chi connectivity index (χ3v) is 4.26. The van der Waals surface area contributed by atoms with Gasteiger partial charge in [0.05, 0.1) is 12.7 Å². The van der Waals surface area contributed by atoms with E-state index in [0.717, 1.165) is 45.0 Å². The van der Waals surface area contributed by atoms with Gasteiger partial charge in [-0.1, -0.05) is 25.1 Å². The van der Waals surface area contributed by atoms with Crippen LogP contribution in [0, 0.1) is 0 Å². The van der Waals surface area contributed by atoms with E-state index in [4.69, 9.17) is 10.5 Å². The fourth-order valence-electron chi connectivity index (χ4n) is 2.83. The Morgan fingerprint density at radius 3 is 2.81 bits per heavy atom. The van der Waals surface area contributed by atoms with E-state index in [1.54, 1.807) is 0 Å². The first kappa shape index (κ1) is 16.3. The van der Waals surface area contributed by atoms with Crippen LogP contribution in [0.5, 0.6) is 0 Å². The normalized spacial score (nSPS) is 20.3. The van der Waals surface area contributed by atoms with Crippen molar-refractivity contribution in [1.82, 2.24) is 9.80 Å². The van der Waals surface area contributed by atoms with E-state index in [2.05, 4.69) is 42.7 Å². The Hall–Kier alpha value is -1.10. The number of ether oxygens (including phenoxy) is 1. The Labute approximate surface area is 128 Å². The Kier molecular flexibility index (Phi) is 6.03. The van der Waals surface area contributed by atoms with Gasteiger partial charge < -0.3 is 10.5 Å². The van der Waals surface area contributed by atoms with Crippen LogP contribution in [0.1, 0.15) is 26.3 Å². The number of para-hydroxylation sites is 1. The summed E-state index contributed by atoms with van der Waals surface area (Å²) in [4.78, 5) is 4.92. The van der Waals surface area contributed by atoms with Crippen LogP contribution < -0.4 is 5.73 Å². The number of likely N-dealkylation sites (N-methyl/N-ethyl adjacent to an activating group) is 1. The van der Waals surface area contributed by atoms with Crippen molar-refractivity contribution in [2.45, 2.75) is 39.5 Å². The average molecular weight is 291 g/mol. The maximum absolute atomic E-state index is 6.05. The number of anilines is 1. The standard InChI is InChI=1S/C17H29N3O/c1-4-19(11-15-7-5-6-8-17(15)18)12-16-13-20(14(2)3)9-10-21-16/h5-8,14,16H,4,9-13,18H2,1-3H3. The maximum Gasteiger partial charge on any atom is 0.0829 e. The molecular formula is C17H29N3O. The van der Waals surface area contributed by atoms with Crippen LogP contribution in [-0.2, 0) is 11.3 Å². The lowest BCUT2D eigenvalue weighted by atomic mass is 10.1. The van der Waals surface area contributed by atoms with Gasteiger partial charge in [0.1, 0.15) is 0 Å². The van der Waals surface area contributed by atoms with Gasteiger partial charge in [0.15, 0.2) is 0 Å². The number of nitrogens with zero attached hydrogens (tertiary/aromatic N) is 2. The van der Waals surface area contributed by atoms with E-state index in [0.29, 0.717) is 12.1 Å². The summed E-state index contributed by atoms with van der Waals surface area (Å²) in [6.07, 6.45) is 0.297. The van der Waals surface area contributed by atoms with Crippen molar-refractivity contribution in [1.29, 1.82) is 0 Å². The number of hydrogen-bond acceptors (Lipinski definition) is 4. The second kappa shape index (κ2) is 7.78. The van der Waals surface area contributed by atoms with Crippen molar-refractivity contribution < 1.29 is 4.74 Å². The van der Waals surface area contributed by atoms with Crippen LogP contribution in [0.25, 0.3) is 0 Å². The third kappa shape index (κ3) is 4.70. The lowest BCUT2D eigenvalue weighted by molar-refractivity contribution is -0.0525. The monoisotopic (exact) mass is 291 g/mol. The van der Waals surface area contributed by atoms with E-state index in [-0.39, 0.29) is 0 Å². The van der Waals surface area contributed by atoms with E-state index in [1.807, 2.05) is 12.1 Å². The molecule has 1 saturated heterocycles. The second-order valence-corrected chi connectivity index (χ2v) is 6.11. The molecule has 1 aliphatic heterocycles. The van der Waals surface area contributed by atoms with Gasteiger partial charge in [-0.25, -0.2) is 0 Å². The van der Waals surface area contributed by atoms with Crippen molar-refractivity contribution >= 4 is 5.69 Å². The minimum Gasteiger partial charge on any atom is -0.398 e. The zero-order valence-corrected chi connectivity index (χ0v) is 13.6. The molecule has 118 valence electrons. The highest BCUT2D eigenvalue weighted by Crippen LogP contribution is 2.15. The highest BCUT2D eigenvalue weighted by atomic mass is 16.5. The third-order valence-electron chi connectivity index (χ3n) is 4.26. The highest BCUT2D eigenvalue weighted by Gasteiger charge is 2.23. The molecule has 1 aromatic rings. The summed E-state index contributed by atoms with van der Waals surface area (Å²) in [6.45, 7) is 12.5. The van der Waals surface area contributed by atoms with Crippen LogP contribution in [0.3, 0.4) is 0 Å². The first-order chi connectivity index (χ1) is 10.1. The Bertz CT molecular complexity index is 436. The van der Waals surface area contributed by atoms with Crippen LogP contribution >= 0.6 is 0 Å². The van der Waals surface area contributed by atoms with Crippen LogP contribution in [0.15, 0.2) is 24.3 Å². The molecule has 4 heteroatoms. The molecule has 0 radical (unpaired) electrons. The topological polar surface area (TPSA) is 41.7 Å². The van der Waals surface area contributed by atoms with E-state index in [9.17, 15) is 0 Å². The summed E-state index contributed by atoms with van der Waals surface area (Å²) in [5.74, 6) is 0. The number of morpholine rings is 1. The van der Waals surface area contributed by atoms with Crippen LogP contribution in [-0.4, -0.2) is 54.7 Å². The smallest absolute Gasteiger partial charge is 0.0829 e. The molecule has 1 fully saturated rings. The van der Waals surface area contributed by atoms with Crippen molar-refractivity contribution in [3.63, 3.8) is 0 Å². The van der Waals surface area contributed by atoms with E-state index >= 15 is 0 Å². The number of benzene rings is 1. The predicted molar refractivity (Wildman–Crippen MR) is 88.3 cm³/mol. The molecule has 0 aromatic heterocycles. The number of hydrogen-bond donors (Lipinski definition) is 1. The summed E-state index contributed by atoms with van der Waals surface area (Å²) < 4.78 is 5.94. The molecule has 1 unspecified atom stereocenters. The van der Waals surface area contributed by atoms with Crippen molar-refractivity contribution in [2.75, 3.05) is 38.5 Å². The van der Waals surface area contributed by atoms with Crippen molar-refractivity contribution in [2.24, 2.45) is 0 Å². The molecule has 0 saturated carbocycles. The molecule has 21 heavy (non-hydrogen) atoms. The lowest BCUT2D eigenvalue weighted by Crippen LogP contribution is -2.49. The molecule has 0 bridgehead atoms. The lowest BCUT2D eigenvalue weighted by Gasteiger charge is -2.37. The zero-order valence-electron chi connectivity index (χ0n) is 13.6. The fourth-order valence-corrected chi connectivity index (χ4v) is 2.83. The minimum atomic E-state index is 0.297. The van der Waals surface area contributed by atoms with E-state index in [1.165, 1.54) is 5.56 Å². The first-order valence-electron chi connectivity index (χ1n) is 8.01. The Morgan fingerprint density at radius 1 is 1.38 bits per heavy atom. The summed E-state index contributed by atoms with van der Waals surface area (Å²) in [5, 5.41) is 0. The van der Waals surface area contributed by atoms with Crippen molar-refractivity contribution in [3.8, 4) is 0 Å². The average Bonchev–Trinajstić information content (AvgIpc) is 2.49. The van der Waals surface area contributed by atoms with Gasteiger partial charge in [0.25, 0.3) is 0 Å². The Morgan fingerprint density at radius 2 is 2.14 bits per heavy atom. The second-order valence-electron chi connectivity index (χ2n) is 6.11. The molecule has 0 spiro atoms. The predicted octanol–water partition coefficient (Wildman–Crippen LogP) is 2.20. The van der Waals surface area contributed by atoms with Gasteiger partial charge in [0, 0.05) is 37.9 Å². The minimum absolute atomic E-state index is 0.297. The number of nitrogens with two attached hydrogens (primary N) is 1. The first-order valence-corrected chi connectivity index (χ1v) is 8.01. The largest absolute Gasteiger partial charge is 0.398 e. The molecule has 1 aliphatic rings. The van der Waals surface area contributed by atoms with E-state index < -0.39 is 0 Å². The molecule has 4 nitrogen and oxygen atoms in total. The number of rotatable bonds is 6. The summed E-state index contributed by atoms with van der Waals surface area (Å²) in [7, 11) is 0. The quantitative estimate of drug-likeness (QED) is 0.816. The summed E-state index contributed by atoms with van der Waals surface area (Å²) in [6, 6.07) is 8.72. The molecular weight excluding hydrogens is 262 g/mol. The van der Waals surface area contributed by atoms with Gasteiger partial charge in [-0.05, 0) is 32.0 Å². The summed E-state index contributed by atoms with van der Waals surface area (Å²) >= 11 is 0. The molecule has 1 atom stereocenters. The van der Waals surface area contributed by atoms with Gasteiger partial charge in [-0.2, -0.15) is 0 Å². The zero-order chi connectivity index (χ0) is 15.2. The SMILES string of the molecule is CCN(Cc1ccccc1N)CC1CN(C(C)C)CCO1. The van der Waals surface area contributed by atoms with Gasteiger partial charge in [-0.15, -0.1) is 0 Å². The molecule has 2 rings (SSSR count). The molecule has 2 N–H and O–H groups in total. The van der Waals surface area contributed by atoms with Gasteiger partial charge in [-0.3, -0.25) is 9.80 Å². The van der Waals surface area contributed by atoms with Crippen LogP contribution in [0.4, 0.5) is 5.69 Å². The summed E-state index contributed by atoms with van der Waals surface area (Å²) in [5.41, 5.74) is 8.14. The van der Waals surface area contributed by atoms with Gasteiger partial charge in [0.2, 0.25) is 0 Å². The highest BCUT2D eigenvalue weighted by molar-refractivity contribution is 5.46. The molecule has 0 amide bonds. The maximum atomic E-state index is 6.05. The molecule has 1 aromatic carbocycles. The fraction of sp³-hybridized carbons (Fsp3) is 0.647.